The van der Waals surface area contributed by atoms with E-state index in [1.807, 2.05) is 52.8 Å². The number of para-hydroxylation sites is 2. The summed E-state index contributed by atoms with van der Waals surface area (Å²) < 4.78 is 1.94. The molecule has 0 saturated carbocycles. The Morgan fingerprint density at radius 1 is 1.06 bits per heavy atom. The highest BCUT2D eigenvalue weighted by molar-refractivity contribution is 6.30. The predicted octanol–water partition coefficient (Wildman–Crippen LogP) is 4.12. The van der Waals surface area contributed by atoms with Crippen molar-refractivity contribution in [1.82, 2.24) is 19.8 Å². The topological polar surface area (TPSA) is 67.2 Å². The fourth-order valence-electron chi connectivity index (χ4n) is 4.11. The summed E-state index contributed by atoms with van der Waals surface area (Å²) in [6, 6.07) is 14.7. The number of piperidine rings is 1. The van der Waals surface area contributed by atoms with Gasteiger partial charge in [-0.15, -0.1) is 0 Å². The number of benzene rings is 2. The number of hydrogen-bond acceptors (Lipinski definition) is 3. The van der Waals surface area contributed by atoms with Gasteiger partial charge >= 0.3 is 0 Å². The van der Waals surface area contributed by atoms with Gasteiger partial charge < -0.3 is 14.8 Å². The van der Waals surface area contributed by atoms with Crippen LogP contribution >= 0.6 is 11.6 Å². The lowest BCUT2D eigenvalue weighted by Crippen LogP contribution is -2.38. The molecule has 1 saturated heterocycles. The number of nitrogens with one attached hydrogen (secondary N) is 1. The van der Waals surface area contributed by atoms with Crippen molar-refractivity contribution in [2.45, 2.75) is 45.2 Å². The Hall–Kier alpha value is -2.86. The number of imidazole rings is 1. The first-order chi connectivity index (χ1) is 15.0. The Morgan fingerprint density at radius 3 is 2.52 bits per heavy atom. The molecule has 0 spiro atoms. The standard InChI is InChI=1S/C24H27ClN4O2/c1-17(26-22(30)15-18-9-11-19(25)12-10-18)24-27-20-7-3-4-8-21(20)29(24)16-23(31)28-13-5-2-6-14-28/h3-4,7-12,17H,2,5-6,13-16H2,1H3,(H,26,30). The van der Waals surface area contributed by atoms with Crippen LogP contribution in [0, 0.1) is 0 Å². The minimum atomic E-state index is -0.332. The Morgan fingerprint density at radius 2 is 1.77 bits per heavy atom. The summed E-state index contributed by atoms with van der Waals surface area (Å²) in [7, 11) is 0. The van der Waals surface area contributed by atoms with Gasteiger partial charge in [-0.05, 0) is 56.0 Å². The van der Waals surface area contributed by atoms with Crippen LogP contribution in [0.4, 0.5) is 0 Å². The maximum absolute atomic E-state index is 13.0. The fourth-order valence-corrected chi connectivity index (χ4v) is 4.24. The van der Waals surface area contributed by atoms with E-state index < -0.39 is 0 Å². The van der Waals surface area contributed by atoms with Crippen LogP contribution in [0.3, 0.4) is 0 Å². The van der Waals surface area contributed by atoms with Gasteiger partial charge in [-0.25, -0.2) is 4.98 Å². The van der Waals surface area contributed by atoms with Gasteiger partial charge in [0.25, 0.3) is 0 Å². The van der Waals surface area contributed by atoms with Crippen molar-refractivity contribution in [3.63, 3.8) is 0 Å². The SMILES string of the molecule is CC(NC(=O)Cc1ccc(Cl)cc1)c1nc2ccccc2n1CC(=O)N1CCCCC1. The van der Waals surface area contributed by atoms with Gasteiger partial charge in [-0.2, -0.15) is 0 Å². The summed E-state index contributed by atoms with van der Waals surface area (Å²) >= 11 is 5.92. The third kappa shape index (κ3) is 5.07. The first-order valence-electron chi connectivity index (χ1n) is 10.8. The summed E-state index contributed by atoms with van der Waals surface area (Å²) in [6.45, 7) is 3.76. The number of halogens is 1. The van der Waals surface area contributed by atoms with Crippen LogP contribution in [0.5, 0.6) is 0 Å². The minimum absolute atomic E-state index is 0.101. The number of rotatable bonds is 6. The van der Waals surface area contributed by atoms with Crippen molar-refractivity contribution < 1.29 is 9.59 Å². The van der Waals surface area contributed by atoms with Crippen LogP contribution in [-0.4, -0.2) is 39.4 Å². The quantitative estimate of drug-likeness (QED) is 0.629. The predicted molar refractivity (Wildman–Crippen MR) is 122 cm³/mol. The maximum atomic E-state index is 13.0. The van der Waals surface area contributed by atoms with Crippen LogP contribution in [-0.2, 0) is 22.6 Å². The van der Waals surface area contributed by atoms with Gasteiger partial charge in [-0.3, -0.25) is 9.59 Å². The maximum Gasteiger partial charge on any atom is 0.242 e. The molecule has 2 amide bonds. The molecule has 6 nitrogen and oxygen atoms in total. The van der Waals surface area contributed by atoms with Gasteiger partial charge in [0.1, 0.15) is 12.4 Å². The Bertz CT molecular complexity index is 1070. The zero-order valence-electron chi connectivity index (χ0n) is 17.7. The number of nitrogens with zero attached hydrogens (tertiary/aromatic N) is 3. The van der Waals surface area contributed by atoms with E-state index in [0.29, 0.717) is 10.8 Å². The number of carbonyl (C=O) groups excluding carboxylic acids is 2. The Labute approximate surface area is 187 Å². The van der Waals surface area contributed by atoms with E-state index in [-0.39, 0.29) is 30.8 Å². The highest BCUT2D eigenvalue weighted by Gasteiger charge is 2.23. The van der Waals surface area contributed by atoms with Crippen LogP contribution in [0.1, 0.15) is 43.6 Å². The molecule has 0 radical (unpaired) electrons. The summed E-state index contributed by atoms with van der Waals surface area (Å²) in [5.74, 6) is 0.690. The molecule has 31 heavy (non-hydrogen) atoms. The average Bonchev–Trinajstić information content (AvgIpc) is 3.14. The van der Waals surface area contributed by atoms with Crippen molar-refractivity contribution in [3.05, 3.63) is 64.9 Å². The van der Waals surface area contributed by atoms with Gasteiger partial charge in [0.05, 0.1) is 23.5 Å². The van der Waals surface area contributed by atoms with E-state index in [1.165, 1.54) is 6.42 Å². The van der Waals surface area contributed by atoms with Gasteiger partial charge in [-0.1, -0.05) is 35.9 Å². The molecular weight excluding hydrogens is 412 g/mol. The molecule has 1 unspecified atom stereocenters. The third-order valence-electron chi connectivity index (χ3n) is 5.73. The molecule has 1 N–H and O–H groups in total. The first kappa shape index (κ1) is 21.4. The molecule has 0 aliphatic carbocycles. The second-order valence-corrected chi connectivity index (χ2v) is 8.52. The number of likely N-dealkylation sites (tertiary alicyclic amines) is 1. The van der Waals surface area contributed by atoms with E-state index in [4.69, 9.17) is 16.6 Å². The number of hydrogen-bond donors (Lipinski definition) is 1. The van der Waals surface area contributed by atoms with Crippen molar-refractivity contribution in [2.75, 3.05) is 13.1 Å². The molecule has 2 aromatic carbocycles. The van der Waals surface area contributed by atoms with Crippen molar-refractivity contribution in [2.24, 2.45) is 0 Å². The largest absolute Gasteiger partial charge is 0.346 e. The Balaban J connectivity index is 1.53. The van der Waals surface area contributed by atoms with E-state index in [0.717, 1.165) is 42.5 Å². The molecule has 1 aliphatic rings. The molecule has 3 aromatic rings. The second-order valence-electron chi connectivity index (χ2n) is 8.08. The molecule has 1 atom stereocenters. The fraction of sp³-hybridized carbons (Fsp3) is 0.375. The number of aromatic nitrogens is 2. The lowest BCUT2D eigenvalue weighted by atomic mass is 10.1. The lowest BCUT2D eigenvalue weighted by Gasteiger charge is -2.27. The van der Waals surface area contributed by atoms with Crippen LogP contribution in [0.25, 0.3) is 11.0 Å². The molecule has 1 fully saturated rings. The number of carbonyl (C=O) groups is 2. The summed E-state index contributed by atoms with van der Waals surface area (Å²) in [5.41, 5.74) is 2.62. The summed E-state index contributed by atoms with van der Waals surface area (Å²) in [6.07, 6.45) is 3.55. The highest BCUT2D eigenvalue weighted by atomic mass is 35.5. The molecule has 2 heterocycles. The van der Waals surface area contributed by atoms with Crippen molar-refractivity contribution >= 4 is 34.4 Å². The first-order valence-corrected chi connectivity index (χ1v) is 11.2. The minimum Gasteiger partial charge on any atom is -0.346 e. The molecular formula is C24H27ClN4O2. The zero-order valence-corrected chi connectivity index (χ0v) is 18.4. The normalized spacial score (nSPS) is 15.1. The molecule has 1 aromatic heterocycles. The smallest absolute Gasteiger partial charge is 0.242 e. The van der Waals surface area contributed by atoms with Crippen LogP contribution in [0.2, 0.25) is 5.02 Å². The van der Waals surface area contributed by atoms with Crippen LogP contribution in [0.15, 0.2) is 48.5 Å². The van der Waals surface area contributed by atoms with E-state index in [2.05, 4.69) is 5.32 Å². The zero-order chi connectivity index (χ0) is 21.8. The molecule has 1 aliphatic heterocycles. The van der Waals surface area contributed by atoms with Gasteiger partial charge in [0, 0.05) is 18.1 Å². The van der Waals surface area contributed by atoms with Crippen LogP contribution < -0.4 is 5.32 Å². The summed E-state index contributed by atoms with van der Waals surface area (Å²) in [5, 5.41) is 3.68. The number of amides is 2. The third-order valence-corrected chi connectivity index (χ3v) is 5.98. The van der Waals surface area contributed by atoms with E-state index in [1.54, 1.807) is 12.1 Å². The average molecular weight is 439 g/mol. The monoisotopic (exact) mass is 438 g/mol. The van der Waals surface area contributed by atoms with E-state index in [9.17, 15) is 9.59 Å². The molecule has 162 valence electrons. The molecule has 0 bridgehead atoms. The van der Waals surface area contributed by atoms with Crippen molar-refractivity contribution in [3.8, 4) is 0 Å². The summed E-state index contributed by atoms with van der Waals surface area (Å²) in [4.78, 5) is 32.3. The lowest BCUT2D eigenvalue weighted by molar-refractivity contribution is -0.132. The van der Waals surface area contributed by atoms with E-state index >= 15 is 0 Å². The molecule has 4 rings (SSSR count). The van der Waals surface area contributed by atoms with Gasteiger partial charge in [0.2, 0.25) is 11.8 Å². The second kappa shape index (κ2) is 9.52. The molecule has 7 heteroatoms. The van der Waals surface area contributed by atoms with Gasteiger partial charge in [0.15, 0.2) is 0 Å². The highest BCUT2D eigenvalue weighted by Crippen LogP contribution is 2.22. The Kier molecular flexibility index (Phi) is 6.56. The van der Waals surface area contributed by atoms with Crippen molar-refractivity contribution in [1.29, 1.82) is 0 Å². The number of fused-ring (bicyclic) bond motifs is 1.